The molecule has 200 valence electrons. The van der Waals surface area contributed by atoms with Crippen LogP contribution in [0.4, 0.5) is 0 Å². The standard InChI is InChI=1S/C20H40N4O10/c1-20(30)6-31-19(14(29)17(20)24-3)34-16-8(23-2)4-7(21)15(13(16)28)33-18-10(22)12(27)11(26)9(5-25)32-18/h7-19,23-30H,4-6,21-22H2,1-3H3/t7?,8-,9?,10?,11-,12-,13?,14-,15-,16-,17?,18-,19?,20+/m1/s1. The first-order chi connectivity index (χ1) is 16.0. The van der Waals surface area contributed by atoms with Crippen LogP contribution >= 0.6 is 0 Å². The van der Waals surface area contributed by atoms with Crippen LogP contribution in [0.2, 0.25) is 0 Å². The molecule has 0 amide bonds. The van der Waals surface area contributed by atoms with Crippen molar-refractivity contribution in [2.45, 2.75) is 98.4 Å². The largest absolute Gasteiger partial charge is 0.394 e. The summed E-state index contributed by atoms with van der Waals surface area (Å²) in [6, 6.07) is -3.04. The van der Waals surface area contributed by atoms with E-state index >= 15 is 0 Å². The Bertz CT molecular complexity index is 661. The fourth-order valence-electron chi connectivity index (χ4n) is 4.98. The molecule has 0 spiro atoms. The summed E-state index contributed by atoms with van der Waals surface area (Å²) in [5.41, 5.74) is 10.9. The summed E-state index contributed by atoms with van der Waals surface area (Å²) in [7, 11) is 3.27. The first kappa shape index (κ1) is 28.0. The van der Waals surface area contributed by atoms with Gasteiger partial charge in [0.2, 0.25) is 0 Å². The second kappa shape index (κ2) is 11.2. The van der Waals surface area contributed by atoms with Gasteiger partial charge in [0.15, 0.2) is 12.6 Å². The molecular formula is C20H40N4O10. The highest BCUT2D eigenvalue weighted by molar-refractivity contribution is 5.03. The molecule has 3 fully saturated rings. The summed E-state index contributed by atoms with van der Waals surface area (Å²) in [4.78, 5) is 0. The van der Waals surface area contributed by atoms with Gasteiger partial charge < -0.3 is 71.7 Å². The van der Waals surface area contributed by atoms with Crippen LogP contribution in [0.15, 0.2) is 0 Å². The van der Waals surface area contributed by atoms with E-state index in [1.807, 2.05) is 0 Å². The van der Waals surface area contributed by atoms with E-state index in [9.17, 15) is 30.6 Å². The van der Waals surface area contributed by atoms with E-state index in [-0.39, 0.29) is 6.61 Å². The van der Waals surface area contributed by atoms with Crippen LogP contribution in [0.5, 0.6) is 0 Å². The molecule has 2 saturated heterocycles. The zero-order chi connectivity index (χ0) is 25.4. The predicted octanol–water partition coefficient (Wildman–Crippen LogP) is -5.74. The molecule has 3 rings (SSSR count). The first-order valence-corrected chi connectivity index (χ1v) is 11.5. The molecule has 6 unspecified atom stereocenters. The quantitative estimate of drug-likeness (QED) is 0.158. The molecule has 2 heterocycles. The highest BCUT2D eigenvalue weighted by atomic mass is 16.7. The topological polar surface area (TPSA) is 234 Å². The van der Waals surface area contributed by atoms with Crippen LogP contribution in [0.25, 0.3) is 0 Å². The van der Waals surface area contributed by atoms with Gasteiger partial charge in [-0.3, -0.25) is 0 Å². The Kier molecular flexibility index (Phi) is 9.25. The molecule has 14 nitrogen and oxygen atoms in total. The molecule has 14 heteroatoms. The third-order valence-electron chi connectivity index (χ3n) is 7.04. The number of likely N-dealkylation sites (N-methyl/N-ethyl adjacent to an activating group) is 2. The van der Waals surface area contributed by atoms with E-state index in [0.29, 0.717) is 6.42 Å². The average molecular weight is 497 g/mol. The van der Waals surface area contributed by atoms with Crippen LogP contribution in [-0.2, 0) is 18.9 Å². The van der Waals surface area contributed by atoms with Crippen molar-refractivity contribution >= 4 is 0 Å². The van der Waals surface area contributed by atoms with Crippen molar-refractivity contribution in [1.82, 2.24) is 10.6 Å². The number of hydrogen-bond donors (Lipinski definition) is 10. The first-order valence-electron chi connectivity index (χ1n) is 11.5. The monoisotopic (exact) mass is 496 g/mol. The molecule has 1 aliphatic carbocycles. The Morgan fingerprint density at radius 3 is 2.18 bits per heavy atom. The minimum Gasteiger partial charge on any atom is -0.394 e. The Morgan fingerprint density at radius 2 is 1.59 bits per heavy atom. The van der Waals surface area contributed by atoms with Gasteiger partial charge in [-0.15, -0.1) is 0 Å². The second-order valence-electron chi connectivity index (χ2n) is 9.56. The Balaban J connectivity index is 1.75. The van der Waals surface area contributed by atoms with Gasteiger partial charge in [-0.05, 0) is 27.4 Å². The van der Waals surface area contributed by atoms with Gasteiger partial charge in [0, 0.05) is 12.1 Å². The zero-order valence-corrected chi connectivity index (χ0v) is 19.6. The highest BCUT2D eigenvalue weighted by Gasteiger charge is 2.52. The van der Waals surface area contributed by atoms with Crippen molar-refractivity contribution in [3.8, 4) is 0 Å². The lowest BCUT2D eigenvalue weighted by Gasteiger charge is -2.49. The molecule has 2 aliphatic heterocycles. The smallest absolute Gasteiger partial charge is 0.185 e. The summed E-state index contributed by atoms with van der Waals surface area (Å²) < 4.78 is 22.9. The molecule has 34 heavy (non-hydrogen) atoms. The molecule has 0 bridgehead atoms. The lowest BCUT2D eigenvalue weighted by atomic mass is 9.83. The average Bonchev–Trinajstić information content (AvgIpc) is 2.79. The number of hydrogen-bond acceptors (Lipinski definition) is 14. The number of nitrogens with one attached hydrogen (secondary N) is 2. The number of aliphatic hydroxyl groups excluding tert-OH is 5. The molecule has 1 saturated carbocycles. The summed E-state index contributed by atoms with van der Waals surface area (Å²) in [6.45, 7) is 0.839. The minimum absolute atomic E-state index is 0.111. The van der Waals surface area contributed by atoms with Gasteiger partial charge in [-0.2, -0.15) is 0 Å². The van der Waals surface area contributed by atoms with Crippen molar-refractivity contribution in [2.75, 3.05) is 27.3 Å². The van der Waals surface area contributed by atoms with Crippen molar-refractivity contribution in [3.63, 3.8) is 0 Å². The fourth-order valence-corrected chi connectivity index (χ4v) is 4.98. The van der Waals surface area contributed by atoms with Crippen molar-refractivity contribution < 1.29 is 49.6 Å². The maximum Gasteiger partial charge on any atom is 0.185 e. The van der Waals surface area contributed by atoms with Gasteiger partial charge in [-0.1, -0.05) is 0 Å². The molecule has 3 aliphatic rings. The van der Waals surface area contributed by atoms with Gasteiger partial charge in [0.05, 0.1) is 25.3 Å². The van der Waals surface area contributed by atoms with Crippen LogP contribution < -0.4 is 22.1 Å². The molecule has 12 N–H and O–H groups in total. The fraction of sp³-hybridized carbons (Fsp3) is 1.00. The van der Waals surface area contributed by atoms with E-state index in [0.717, 1.165) is 0 Å². The number of rotatable bonds is 7. The van der Waals surface area contributed by atoms with E-state index in [1.54, 1.807) is 14.1 Å². The van der Waals surface area contributed by atoms with Crippen LogP contribution in [0, 0.1) is 0 Å². The van der Waals surface area contributed by atoms with Crippen LogP contribution in [-0.4, -0.2) is 143 Å². The van der Waals surface area contributed by atoms with Crippen molar-refractivity contribution in [2.24, 2.45) is 11.5 Å². The normalized spacial score (nSPS) is 52.5. The van der Waals surface area contributed by atoms with E-state index < -0.39 is 91.7 Å². The number of nitrogens with two attached hydrogens (primary N) is 2. The van der Waals surface area contributed by atoms with Crippen LogP contribution in [0.1, 0.15) is 13.3 Å². The molecule has 0 radical (unpaired) electrons. The highest BCUT2D eigenvalue weighted by Crippen LogP contribution is 2.32. The summed E-state index contributed by atoms with van der Waals surface area (Å²) in [5, 5.41) is 67.9. The van der Waals surface area contributed by atoms with E-state index in [1.165, 1.54) is 6.92 Å². The van der Waals surface area contributed by atoms with Gasteiger partial charge in [0.1, 0.15) is 48.3 Å². The Hall–Kier alpha value is -0.560. The lowest BCUT2D eigenvalue weighted by molar-refractivity contribution is -0.317. The van der Waals surface area contributed by atoms with Gasteiger partial charge in [-0.25, -0.2) is 0 Å². The Labute approximate surface area is 198 Å². The SMILES string of the molecule is CNC1[C@@H](O)C(O[C@H]2C(O)[C@H](O[C@H]3OC(CO)[C@@H](O)[C@H](O)C3N)C(N)C[C@H]2NC)OC[C@]1(C)O. The third kappa shape index (κ3) is 5.40. The zero-order valence-electron chi connectivity index (χ0n) is 19.6. The van der Waals surface area contributed by atoms with E-state index in [2.05, 4.69) is 10.6 Å². The van der Waals surface area contributed by atoms with Gasteiger partial charge >= 0.3 is 0 Å². The minimum atomic E-state index is -1.43. The lowest BCUT2D eigenvalue weighted by Crippen LogP contribution is -2.69. The predicted molar refractivity (Wildman–Crippen MR) is 116 cm³/mol. The molecule has 14 atom stereocenters. The third-order valence-corrected chi connectivity index (χ3v) is 7.04. The number of ether oxygens (including phenoxy) is 4. The molecule has 0 aromatic carbocycles. The van der Waals surface area contributed by atoms with Crippen molar-refractivity contribution in [3.05, 3.63) is 0 Å². The molecular weight excluding hydrogens is 456 g/mol. The number of aliphatic hydroxyl groups is 6. The molecule has 0 aromatic heterocycles. The summed E-state index contributed by atoms with van der Waals surface area (Å²) >= 11 is 0. The van der Waals surface area contributed by atoms with E-state index in [4.69, 9.17) is 30.4 Å². The maximum absolute atomic E-state index is 11.2. The second-order valence-corrected chi connectivity index (χ2v) is 9.56. The van der Waals surface area contributed by atoms with Gasteiger partial charge in [0.25, 0.3) is 0 Å². The Morgan fingerprint density at radius 1 is 0.941 bits per heavy atom. The summed E-state index contributed by atoms with van der Waals surface area (Å²) in [6.07, 6.45) is -10.7. The van der Waals surface area contributed by atoms with Crippen LogP contribution in [0.3, 0.4) is 0 Å². The summed E-state index contributed by atoms with van der Waals surface area (Å²) in [5.74, 6) is 0. The molecule has 0 aromatic rings. The maximum atomic E-state index is 11.2. The van der Waals surface area contributed by atoms with Crippen molar-refractivity contribution in [1.29, 1.82) is 0 Å².